The molecule has 80 valence electrons. The van der Waals surface area contributed by atoms with Gasteiger partial charge < -0.3 is 15.4 Å². The lowest BCUT2D eigenvalue weighted by molar-refractivity contribution is 0.0420. The van der Waals surface area contributed by atoms with Crippen LogP contribution in [0.2, 0.25) is 0 Å². The number of hydrogen-bond donors (Lipinski definition) is 1. The predicted octanol–water partition coefficient (Wildman–Crippen LogP) is 1.10. The zero-order valence-electron chi connectivity index (χ0n) is 8.45. The van der Waals surface area contributed by atoms with Gasteiger partial charge in [0.25, 0.3) is 0 Å². The number of nitrogens with zero attached hydrogens (tertiary/aromatic N) is 1. The van der Waals surface area contributed by atoms with Crippen LogP contribution in [0.15, 0.2) is 0 Å². The SMILES string of the molecule is NC1CCCCC1N1CCCOC1=O. The van der Waals surface area contributed by atoms with Crippen LogP contribution in [0.5, 0.6) is 0 Å². The highest BCUT2D eigenvalue weighted by Gasteiger charge is 2.33. The summed E-state index contributed by atoms with van der Waals surface area (Å²) in [6.07, 6.45) is 5.22. The number of carbonyl (C=O) groups is 1. The standard InChI is InChI=1S/C10H18N2O2/c11-8-4-1-2-5-9(8)12-6-3-7-14-10(12)13/h8-9H,1-7,11H2. The van der Waals surface area contributed by atoms with Gasteiger partial charge in [0, 0.05) is 12.6 Å². The van der Waals surface area contributed by atoms with Crippen molar-refractivity contribution in [3.63, 3.8) is 0 Å². The average molecular weight is 198 g/mol. The highest BCUT2D eigenvalue weighted by atomic mass is 16.6. The summed E-state index contributed by atoms with van der Waals surface area (Å²) in [6, 6.07) is 0.367. The molecule has 2 aliphatic rings. The summed E-state index contributed by atoms with van der Waals surface area (Å²) in [5.41, 5.74) is 6.02. The second-order valence-electron chi connectivity index (χ2n) is 4.18. The van der Waals surface area contributed by atoms with Gasteiger partial charge in [-0.1, -0.05) is 12.8 Å². The van der Waals surface area contributed by atoms with E-state index < -0.39 is 0 Å². The lowest BCUT2D eigenvalue weighted by Gasteiger charge is -2.39. The molecule has 0 aromatic heterocycles. The molecule has 0 bridgehead atoms. The number of nitrogens with two attached hydrogens (primary N) is 1. The maximum atomic E-state index is 11.5. The lowest BCUT2D eigenvalue weighted by atomic mass is 9.90. The van der Waals surface area contributed by atoms with E-state index in [0.717, 1.165) is 25.8 Å². The molecule has 14 heavy (non-hydrogen) atoms. The van der Waals surface area contributed by atoms with E-state index >= 15 is 0 Å². The first-order chi connectivity index (χ1) is 6.79. The van der Waals surface area contributed by atoms with Gasteiger partial charge >= 0.3 is 6.09 Å². The number of amides is 1. The van der Waals surface area contributed by atoms with Crippen molar-refractivity contribution in [1.29, 1.82) is 0 Å². The van der Waals surface area contributed by atoms with Crippen LogP contribution in [-0.2, 0) is 4.74 Å². The molecule has 4 heteroatoms. The fourth-order valence-electron chi connectivity index (χ4n) is 2.40. The maximum Gasteiger partial charge on any atom is 0.410 e. The van der Waals surface area contributed by atoms with Gasteiger partial charge in [-0.2, -0.15) is 0 Å². The average Bonchev–Trinajstić information content (AvgIpc) is 2.20. The highest BCUT2D eigenvalue weighted by Crippen LogP contribution is 2.23. The minimum Gasteiger partial charge on any atom is -0.449 e. The number of carbonyl (C=O) groups excluding carboxylic acids is 1. The van der Waals surface area contributed by atoms with Crippen molar-refractivity contribution < 1.29 is 9.53 Å². The van der Waals surface area contributed by atoms with Crippen LogP contribution in [0, 0.1) is 0 Å². The Hall–Kier alpha value is -0.770. The second-order valence-corrected chi connectivity index (χ2v) is 4.18. The molecular weight excluding hydrogens is 180 g/mol. The third-order valence-electron chi connectivity index (χ3n) is 3.19. The van der Waals surface area contributed by atoms with Crippen molar-refractivity contribution in [3.05, 3.63) is 0 Å². The third kappa shape index (κ3) is 1.85. The van der Waals surface area contributed by atoms with E-state index in [4.69, 9.17) is 10.5 Å². The number of rotatable bonds is 1. The number of hydrogen-bond acceptors (Lipinski definition) is 3. The van der Waals surface area contributed by atoms with Crippen LogP contribution in [-0.4, -0.2) is 36.2 Å². The molecular formula is C10H18N2O2. The van der Waals surface area contributed by atoms with Gasteiger partial charge in [0.1, 0.15) is 0 Å². The van der Waals surface area contributed by atoms with Crippen molar-refractivity contribution >= 4 is 6.09 Å². The monoisotopic (exact) mass is 198 g/mol. The molecule has 2 N–H and O–H groups in total. The molecule has 2 rings (SSSR count). The van der Waals surface area contributed by atoms with Crippen molar-refractivity contribution in [2.75, 3.05) is 13.2 Å². The largest absolute Gasteiger partial charge is 0.449 e. The lowest BCUT2D eigenvalue weighted by Crippen LogP contribution is -2.54. The summed E-state index contributed by atoms with van der Waals surface area (Å²) in [5.74, 6) is 0. The van der Waals surface area contributed by atoms with Gasteiger partial charge in [-0.25, -0.2) is 4.79 Å². The summed E-state index contributed by atoms with van der Waals surface area (Å²) >= 11 is 0. The molecule has 1 saturated heterocycles. The summed E-state index contributed by atoms with van der Waals surface area (Å²) in [6.45, 7) is 1.38. The smallest absolute Gasteiger partial charge is 0.410 e. The van der Waals surface area contributed by atoms with Gasteiger partial charge in [-0.05, 0) is 19.3 Å². The minimum atomic E-state index is -0.168. The van der Waals surface area contributed by atoms with E-state index in [9.17, 15) is 4.79 Å². The van der Waals surface area contributed by atoms with E-state index in [-0.39, 0.29) is 18.2 Å². The van der Waals surface area contributed by atoms with Crippen molar-refractivity contribution in [2.45, 2.75) is 44.2 Å². The van der Waals surface area contributed by atoms with E-state index in [1.54, 1.807) is 0 Å². The van der Waals surface area contributed by atoms with Crippen LogP contribution < -0.4 is 5.73 Å². The van der Waals surface area contributed by atoms with Gasteiger partial charge in [0.2, 0.25) is 0 Å². The molecule has 1 saturated carbocycles. The molecule has 2 atom stereocenters. The molecule has 1 heterocycles. The Morgan fingerprint density at radius 3 is 2.79 bits per heavy atom. The zero-order chi connectivity index (χ0) is 9.97. The van der Waals surface area contributed by atoms with Crippen LogP contribution in [0.25, 0.3) is 0 Å². The van der Waals surface area contributed by atoms with Gasteiger partial charge in [0.15, 0.2) is 0 Å². The molecule has 2 unspecified atom stereocenters. The van der Waals surface area contributed by atoms with Gasteiger partial charge in [-0.3, -0.25) is 0 Å². The molecule has 0 radical (unpaired) electrons. The Bertz CT molecular complexity index is 220. The normalized spacial score (nSPS) is 34.1. The third-order valence-corrected chi connectivity index (χ3v) is 3.19. The quantitative estimate of drug-likeness (QED) is 0.686. The highest BCUT2D eigenvalue weighted by molar-refractivity contribution is 5.68. The van der Waals surface area contributed by atoms with Crippen molar-refractivity contribution in [2.24, 2.45) is 5.73 Å². The molecule has 4 nitrogen and oxygen atoms in total. The van der Waals surface area contributed by atoms with Gasteiger partial charge in [0.05, 0.1) is 12.6 Å². The summed E-state index contributed by atoms with van der Waals surface area (Å²) in [7, 11) is 0. The van der Waals surface area contributed by atoms with E-state index in [0.29, 0.717) is 6.61 Å². The first kappa shape index (κ1) is 9.77. The number of ether oxygens (including phenoxy) is 1. The fourth-order valence-corrected chi connectivity index (χ4v) is 2.40. The predicted molar refractivity (Wildman–Crippen MR) is 52.9 cm³/mol. The topological polar surface area (TPSA) is 55.6 Å². The Morgan fingerprint density at radius 2 is 2.07 bits per heavy atom. The van der Waals surface area contributed by atoms with Gasteiger partial charge in [-0.15, -0.1) is 0 Å². The van der Waals surface area contributed by atoms with Crippen molar-refractivity contribution in [3.8, 4) is 0 Å². The minimum absolute atomic E-state index is 0.148. The maximum absolute atomic E-state index is 11.5. The summed E-state index contributed by atoms with van der Waals surface area (Å²) in [4.78, 5) is 13.3. The number of cyclic esters (lactones) is 1. The summed E-state index contributed by atoms with van der Waals surface area (Å²) < 4.78 is 5.02. The molecule has 0 aromatic carbocycles. The van der Waals surface area contributed by atoms with Crippen LogP contribution in [0.4, 0.5) is 4.79 Å². The molecule has 1 aliphatic heterocycles. The molecule has 2 fully saturated rings. The van der Waals surface area contributed by atoms with Crippen LogP contribution in [0.3, 0.4) is 0 Å². The summed E-state index contributed by atoms with van der Waals surface area (Å²) in [5, 5.41) is 0. The first-order valence-corrected chi connectivity index (χ1v) is 5.48. The fraction of sp³-hybridized carbons (Fsp3) is 0.900. The molecule has 1 amide bonds. The Labute approximate surface area is 84.4 Å². The van der Waals surface area contributed by atoms with E-state index in [1.165, 1.54) is 12.8 Å². The molecule has 1 aliphatic carbocycles. The van der Waals surface area contributed by atoms with Crippen LogP contribution in [0.1, 0.15) is 32.1 Å². The zero-order valence-corrected chi connectivity index (χ0v) is 8.45. The Kier molecular flexibility index (Phi) is 2.91. The van der Waals surface area contributed by atoms with E-state index in [2.05, 4.69) is 0 Å². The Morgan fingerprint density at radius 1 is 1.29 bits per heavy atom. The molecule has 0 aromatic rings. The van der Waals surface area contributed by atoms with Crippen molar-refractivity contribution in [1.82, 2.24) is 4.90 Å². The second kappa shape index (κ2) is 4.17. The first-order valence-electron chi connectivity index (χ1n) is 5.48. The molecule has 0 spiro atoms. The van der Waals surface area contributed by atoms with E-state index in [1.807, 2.05) is 4.90 Å². The van der Waals surface area contributed by atoms with Crippen LogP contribution >= 0.6 is 0 Å². The Balaban J connectivity index is 2.00.